The molecule has 2 N–H and O–H groups in total. The predicted molar refractivity (Wildman–Crippen MR) is 74.9 cm³/mol. The quantitative estimate of drug-likeness (QED) is 0.893. The topological polar surface area (TPSA) is 58.6 Å². The highest BCUT2D eigenvalue weighted by atomic mass is 19.1. The van der Waals surface area contributed by atoms with Crippen molar-refractivity contribution in [3.63, 3.8) is 0 Å². The Morgan fingerprint density at radius 1 is 1.38 bits per heavy atom. The summed E-state index contributed by atoms with van der Waals surface area (Å²) in [5, 5.41) is 12.7. The summed E-state index contributed by atoms with van der Waals surface area (Å²) in [4.78, 5) is 12.2. The number of aryl methyl sites for hydroxylation is 1. The van der Waals surface area contributed by atoms with Crippen molar-refractivity contribution in [3.05, 3.63) is 58.9 Å². The molecule has 21 heavy (non-hydrogen) atoms. The van der Waals surface area contributed by atoms with Gasteiger partial charge in [0.1, 0.15) is 23.9 Å². The number of benzene rings is 2. The second kappa shape index (κ2) is 5.09. The van der Waals surface area contributed by atoms with E-state index in [1.807, 2.05) is 0 Å². The van der Waals surface area contributed by atoms with E-state index < -0.39 is 11.9 Å². The minimum Gasteiger partial charge on any atom is -0.507 e. The van der Waals surface area contributed by atoms with Crippen molar-refractivity contribution in [2.45, 2.75) is 13.0 Å². The van der Waals surface area contributed by atoms with Crippen molar-refractivity contribution in [3.8, 4) is 11.5 Å². The Bertz CT molecular complexity index is 715. The van der Waals surface area contributed by atoms with Crippen molar-refractivity contribution in [1.29, 1.82) is 0 Å². The number of aromatic hydroxyl groups is 1. The number of amides is 1. The molecule has 0 saturated carbocycles. The average Bonchev–Trinajstić information content (AvgIpc) is 2.84. The van der Waals surface area contributed by atoms with E-state index in [1.165, 1.54) is 12.1 Å². The largest absolute Gasteiger partial charge is 0.507 e. The number of fused-ring (bicyclic) bond motifs is 1. The Labute approximate surface area is 121 Å². The van der Waals surface area contributed by atoms with E-state index in [9.17, 15) is 14.3 Å². The number of para-hydroxylation sites is 1. The molecule has 0 bridgehead atoms. The fourth-order valence-corrected chi connectivity index (χ4v) is 2.38. The van der Waals surface area contributed by atoms with Gasteiger partial charge in [-0.1, -0.05) is 12.1 Å². The van der Waals surface area contributed by atoms with Crippen LogP contribution in [-0.4, -0.2) is 17.6 Å². The first-order valence-electron chi connectivity index (χ1n) is 6.58. The van der Waals surface area contributed by atoms with Gasteiger partial charge in [-0.3, -0.25) is 4.79 Å². The molecule has 0 spiro atoms. The van der Waals surface area contributed by atoms with Crippen LogP contribution in [0.1, 0.15) is 27.5 Å². The lowest BCUT2D eigenvalue weighted by atomic mass is 10.1. The second-order valence-electron chi connectivity index (χ2n) is 4.99. The summed E-state index contributed by atoms with van der Waals surface area (Å²) >= 11 is 0. The molecule has 0 aliphatic carbocycles. The maximum Gasteiger partial charge on any atom is 0.255 e. The summed E-state index contributed by atoms with van der Waals surface area (Å²) in [6, 6.07) is 8.74. The molecule has 1 atom stereocenters. The van der Waals surface area contributed by atoms with E-state index in [0.717, 1.165) is 0 Å². The van der Waals surface area contributed by atoms with Crippen LogP contribution in [-0.2, 0) is 0 Å². The Balaban J connectivity index is 1.84. The fraction of sp³-hybridized carbons (Fsp3) is 0.188. The van der Waals surface area contributed by atoms with Gasteiger partial charge >= 0.3 is 0 Å². The van der Waals surface area contributed by atoms with Gasteiger partial charge < -0.3 is 15.2 Å². The molecular weight excluding hydrogens is 273 g/mol. The first-order valence-corrected chi connectivity index (χ1v) is 6.58. The van der Waals surface area contributed by atoms with E-state index in [2.05, 4.69) is 5.32 Å². The molecule has 2 aromatic carbocycles. The molecular formula is C16H14FNO3. The molecule has 1 heterocycles. The van der Waals surface area contributed by atoms with Gasteiger partial charge in [0, 0.05) is 5.56 Å². The molecule has 3 rings (SSSR count). The summed E-state index contributed by atoms with van der Waals surface area (Å²) < 4.78 is 18.7. The zero-order chi connectivity index (χ0) is 15.0. The van der Waals surface area contributed by atoms with Crippen molar-refractivity contribution >= 4 is 5.91 Å². The van der Waals surface area contributed by atoms with Crippen LogP contribution in [0.2, 0.25) is 0 Å². The monoisotopic (exact) mass is 287 g/mol. The number of carbonyl (C=O) groups excluding carboxylic acids is 1. The summed E-state index contributed by atoms with van der Waals surface area (Å²) in [6.07, 6.45) is 0. The van der Waals surface area contributed by atoms with Gasteiger partial charge in [0.25, 0.3) is 5.91 Å². The molecule has 0 fully saturated rings. The molecule has 5 heteroatoms. The molecule has 1 aliphatic heterocycles. The molecule has 0 radical (unpaired) electrons. The van der Waals surface area contributed by atoms with Crippen LogP contribution in [0.25, 0.3) is 0 Å². The van der Waals surface area contributed by atoms with E-state index in [-0.39, 0.29) is 23.7 Å². The zero-order valence-corrected chi connectivity index (χ0v) is 11.4. The van der Waals surface area contributed by atoms with Crippen LogP contribution in [0.3, 0.4) is 0 Å². The van der Waals surface area contributed by atoms with Gasteiger partial charge in [-0.25, -0.2) is 4.39 Å². The fourth-order valence-electron chi connectivity index (χ4n) is 2.38. The number of rotatable bonds is 2. The molecule has 0 unspecified atom stereocenters. The summed E-state index contributed by atoms with van der Waals surface area (Å²) in [5.41, 5.74) is 1.42. The lowest BCUT2D eigenvalue weighted by Gasteiger charge is -2.13. The predicted octanol–water partition coefficient (Wildman–Crippen LogP) is 2.70. The van der Waals surface area contributed by atoms with Crippen LogP contribution in [0.4, 0.5) is 4.39 Å². The average molecular weight is 287 g/mol. The molecule has 0 saturated heterocycles. The van der Waals surface area contributed by atoms with Crippen LogP contribution in [0, 0.1) is 12.7 Å². The lowest BCUT2D eigenvalue weighted by Crippen LogP contribution is -2.29. The Hall–Kier alpha value is -2.56. The van der Waals surface area contributed by atoms with Gasteiger partial charge in [-0.2, -0.15) is 0 Å². The van der Waals surface area contributed by atoms with Crippen LogP contribution in [0.5, 0.6) is 11.5 Å². The number of halogens is 1. The van der Waals surface area contributed by atoms with Crippen LogP contribution < -0.4 is 10.1 Å². The highest BCUT2D eigenvalue weighted by molar-refractivity contribution is 5.97. The first kappa shape index (κ1) is 13.4. The number of hydrogen-bond donors (Lipinski definition) is 2. The highest BCUT2D eigenvalue weighted by Crippen LogP contribution is 2.33. The number of phenolic OH excluding ortho intramolecular Hbond substituents is 1. The van der Waals surface area contributed by atoms with Crippen molar-refractivity contribution in [2.24, 2.45) is 0 Å². The number of phenols is 1. The van der Waals surface area contributed by atoms with E-state index >= 15 is 0 Å². The Morgan fingerprint density at radius 2 is 2.19 bits per heavy atom. The van der Waals surface area contributed by atoms with E-state index in [0.29, 0.717) is 16.9 Å². The minimum atomic E-state index is -0.428. The number of carbonyl (C=O) groups is 1. The van der Waals surface area contributed by atoms with Crippen molar-refractivity contribution in [2.75, 3.05) is 6.61 Å². The van der Waals surface area contributed by atoms with Crippen LogP contribution in [0.15, 0.2) is 36.4 Å². The minimum absolute atomic E-state index is 0.0478. The summed E-state index contributed by atoms with van der Waals surface area (Å²) in [6.45, 7) is 1.96. The zero-order valence-electron chi connectivity index (χ0n) is 11.4. The third-order valence-electron chi connectivity index (χ3n) is 3.54. The highest BCUT2D eigenvalue weighted by Gasteiger charge is 2.27. The molecule has 2 aromatic rings. The Kier molecular flexibility index (Phi) is 3.25. The maximum absolute atomic E-state index is 13.3. The summed E-state index contributed by atoms with van der Waals surface area (Å²) in [7, 11) is 0. The maximum atomic E-state index is 13.3. The summed E-state index contributed by atoms with van der Waals surface area (Å²) in [5.74, 6) is -0.276. The Morgan fingerprint density at radius 3 is 3.00 bits per heavy atom. The second-order valence-corrected chi connectivity index (χ2v) is 4.99. The van der Waals surface area contributed by atoms with Gasteiger partial charge in [0.15, 0.2) is 0 Å². The van der Waals surface area contributed by atoms with Crippen LogP contribution >= 0.6 is 0 Å². The molecule has 1 amide bonds. The molecule has 108 valence electrons. The van der Waals surface area contributed by atoms with Gasteiger partial charge in [0.05, 0.1) is 11.6 Å². The number of nitrogens with one attached hydrogen (secondary N) is 1. The lowest BCUT2D eigenvalue weighted by molar-refractivity contribution is 0.0927. The standard InChI is InChI=1S/C16H14FNO3/c1-9-3-2-4-11(15(9)19)16(20)18-13-8-21-14-6-5-10(17)7-12(13)14/h2-7,13,19H,8H2,1H3,(H,18,20)/t13-/m0/s1. The third kappa shape index (κ3) is 2.42. The molecule has 1 aliphatic rings. The normalized spacial score (nSPS) is 16.2. The van der Waals surface area contributed by atoms with E-state index in [1.54, 1.807) is 31.2 Å². The third-order valence-corrected chi connectivity index (χ3v) is 3.54. The number of ether oxygens (including phenoxy) is 1. The molecule has 4 nitrogen and oxygen atoms in total. The van der Waals surface area contributed by atoms with E-state index in [4.69, 9.17) is 4.74 Å². The first-order chi connectivity index (χ1) is 10.1. The number of hydrogen-bond acceptors (Lipinski definition) is 3. The smallest absolute Gasteiger partial charge is 0.255 e. The van der Waals surface area contributed by atoms with Crippen molar-refractivity contribution in [1.82, 2.24) is 5.32 Å². The van der Waals surface area contributed by atoms with Gasteiger partial charge in [-0.15, -0.1) is 0 Å². The van der Waals surface area contributed by atoms with Gasteiger partial charge in [-0.05, 0) is 36.8 Å². The molecule has 0 aromatic heterocycles. The van der Waals surface area contributed by atoms with Gasteiger partial charge in [0.2, 0.25) is 0 Å². The SMILES string of the molecule is Cc1cccc(C(=O)N[C@H]2COc3ccc(F)cc32)c1O. The van der Waals surface area contributed by atoms with Crippen molar-refractivity contribution < 1.29 is 19.0 Å².